The van der Waals surface area contributed by atoms with E-state index in [1.807, 2.05) is 25.5 Å². The molecule has 13 heavy (non-hydrogen) atoms. The highest BCUT2D eigenvalue weighted by atomic mass is 15.0. The van der Waals surface area contributed by atoms with Crippen LogP contribution >= 0.6 is 0 Å². The Bertz CT molecular complexity index is 454. The minimum absolute atomic E-state index is 1.10. The SMILES string of the molecule is CN=Cc1cc2cnccc2n1C. The average molecular weight is 173 g/mol. The minimum atomic E-state index is 1.10. The fourth-order valence-electron chi connectivity index (χ4n) is 1.47. The summed E-state index contributed by atoms with van der Waals surface area (Å²) in [4.78, 5) is 8.07. The first-order valence-corrected chi connectivity index (χ1v) is 4.14. The van der Waals surface area contributed by atoms with E-state index in [0.717, 1.165) is 11.1 Å². The Morgan fingerprint density at radius 3 is 3.08 bits per heavy atom. The molecule has 3 nitrogen and oxygen atoms in total. The van der Waals surface area contributed by atoms with E-state index in [1.165, 1.54) is 5.52 Å². The molecule has 0 aliphatic heterocycles. The smallest absolute Gasteiger partial charge is 0.0596 e. The third kappa shape index (κ3) is 1.22. The number of hydrogen-bond acceptors (Lipinski definition) is 2. The monoisotopic (exact) mass is 173 g/mol. The van der Waals surface area contributed by atoms with Crippen LogP contribution in [0.15, 0.2) is 29.5 Å². The van der Waals surface area contributed by atoms with E-state index in [1.54, 1.807) is 13.2 Å². The molecule has 2 aromatic rings. The van der Waals surface area contributed by atoms with E-state index < -0.39 is 0 Å². The molecule has 0 aliphatic rings. The van der Waals surface area contributed by atoms with Crippen LogP contribution in [0, 0.1) is 0 Å². The van der Waals surface area contributed by atoms with Crippen LogP contribution in [0.5, 0.6) is 0 Å². The van der Waals surface area contributed by atoms with Gasteiger partial charge in [0.1, 0.15) is 0 Å². The van der Waals surface area contributed by atoms with Gasteiger partial charge in [-0.2, -0.15) is 0 Å². The van der Waals surface area contributed by atoms with Gasteiger partial charge in [0.15, 0.2) is 0 Å². The average Bonchev–Trinajstić information content (AvgIpc) is 2.46. The third-order valence-corrected chi connectivity index (χ3v) is 2.14. The van der Waals surface area contributed by atoms with Gasteiger partial charge in [0.2, 0.25) is 0 Å². The number of pyridine rings is 1. The van der Waals surface area contributed by atoms with E-state index in [2.05, 4.69) is 20.6 Å². The highest BCUT2D eigenvalue weighted by molar-refractivity contribution is 5.89. The van der Waals surface area contributed by atoms with Crippen molar-refractivity contribution >= 4 is 17.1 Å². The predicted molar refractivity (Wildman–Crippen MR) is 54.2 cm³/mol. The van der Waals surface area contributed by atoms with Crippen LogP contribution < -0.4 is 0 Å². The summed E-state index contributed by atoms with van der Waals surface area (Å²) in [5.74, 6) is 0. The number of aryl methyl sites for hydroxylation is 1. The lowest BCUT2D eigenvalue weighted by molar-refractivity contribution is 0.957. The number of aliphatic imine (C=N–C) groups is 1. The van der Waals surface area contributed by atoms with Gasteiger partial charge in [-0.15, -0.1) is 0 Å². The molecule has 0 aliphatic carbocycles. The lowest BCUT2D eigenvalue weighted by atomic mass is 10.3. The number of hydrogen-bond donors (Lipinski definition) is 0. The fourth-order valence-corrected chi connectivity index (χ4v) is 1.47. The number of nitrogens with zero attached hydrogens (tertiary/aromatic N) is 3. The zero-order chi connectivity index (χ0) is 9.26. The third-order valence-electron chi connectivity index (χ3n) is 2.14. The van der Waals surface area contributed by atoms with Crippen LogP contribution in [0.2, 0.25) is 0 Å². The maximum atomic E-state index is 4.07. The lowest BCUT2D eigenvalue weighted by Gasteiger charge is -1.96. The Morgan fingerprint density at radius 1 is 1.54 bits per heavy atom. The van der Waals surface area contributed by atoms with Crippen LogP contribution in [0.25, 0.3) is 10.9 Å². The second-order valence-corrected chi connectivity index (χ2v) is 2.95. The van der Waals surface area contributed by atoms with Gasteiger partial charge in [-0.3, -0.25) is 9.98 Å². The summed E-state index contributed by atoms with van der Waals surface area (Å²) < 4.78 is 2.10. The number of rotatable bonds is 1. The van der Waals surface area contributed by atoms with Crippen molar-refractivity contribution in [3.63, 3.8) is 0 Å². The number of fused-ring (bicyclic) bond motifs is 1. The van der Waals surface area contributed by atoms with Gasteiger partial charge >= 0.3 is 0 Å². The van der Waals surface area contributed by atoms with Gasteiger partial charge in [0.25, 0.3) is 0 Å². The van der Waals surface area contributed by atoms with Gasteiger partial charge in [0.05, 0.1) is 11.2 Å². The molecule has 0 N–H and O–H groups in total. The molecule has 2 heterocycles. The Labute approximate surface area is 76.7 Å². The van der Waals surface area contributed by atoms with E-state index in [4.69, 9.17) is 0 Å². The van der Waals surface area contributed by atoms with Crippen molar-refractivity contribution in [1.82, 2.24) is 9.55 Å². The summed E-state index contributed by atoms with van der Waals surface area (Å²) in [5.41, 5.74) is 2.29. The molecular formula is C10H11N3. The summed E-state index contributed by atoms with van der Waals surface area (Å²) in [7, 11) is 3.80. The molecule has 0 amide bonds. The van der Waals surface area contributed by atoms with Crippen molar-refractivity contribution in [1.29, 1.82) is 0 Å². The van der Waals surface area contributed by atoms with Gasteiger partial charge in [-0.05, 0) is 12.1 Å². The van der Waals surface area contributed by atoms with E-state index >= 15 is 0 Å². The van der Waals surface area contributed by atoms with Crippen molar-refractivity contribution in [3.05, 3.63) is 30.2 Å². The van der Waals surface area contributed by atoms with Crippen molar-refractivity contribution in [2.45, 2.75) is 0 Å². The Hall–Kier alpha value is -1.64. The standard InChI is InChI=1S/C10H11N3/c1-11-7-9-5-8-6-12-4-3-10(8)13(9)2/h3-7H,1-2H3. The first-order chi connectivity index (χ1) is 6.33. The normalized spacial score (nSPS) is 11.5. The van der Waals surface area contributed by atoms with Gasteiger partial charge in [-0.1, -0.05) is 0 Å². The zero-order valence-electron chi connectivity index (χ0n) is 7.73. The highest BCUT2D eigenvalue weighted by Gasteiger charge is 2.01. The van der Waals surface area contributed by atoms with Crippen LogP contribution in [-0.4, -0.2) is 22.8 Å². The van der Waals surface area contributed by atoms with Crippen LogP contribution in [0.4, 0.5) is 0 Å². The summed E-state index contributed by atoms with van der Waals surface area (Å²) >= 11 is 0. The summed E-state index contributed by atoms with van der Waals surface area (Å²) in [5, 5.41) is 1.15. The van der Waals surface area contributed by atoms with E-state index in [-0.39, 0.29) is 0 Å². The topological polar surface area (TPSA) is 30.2 Å². The van der Waals surface area contributed by atoms with Crippen molar-refractivity contribution in [2.24, 2.45) is 12.0 Å². The molecule has 0 fully saturated rings. The second-order valence-electron chi connectivity index (χ2n) is 2.95. The molecule has 0 saturated carbocycles. The first-order valence-electron chi connectivity index (χ1n) is 4.14. The Kier molecular flexibility index (Phi) is 1.85. The molecule has 0 atom stereocenters. The molecule has 0 unspecified atom stereocenters. The van der Waals surface area contributed by atoms with Gasteiger partial charge in [0, 0.05) is 38.1 Å². The molecule has 0 saturated heterocycles. The lowest BCUT2D eigenvalue weighted by Crippen LogP contribution is -1.93. The van der Waals surface area contributed by atoms with Crippen molar-refractivity contribution in [2.75, 3.05) is 7.05 Å². The highest BCUT2D eigenvalue weighted by Crippen LogP contribution is 2.15. The Balaban J connectivity index is 2.73. The molecule has 3 heteroatoms. The molecule has 0 radical (unpaired) electrons. The quantitative estimate of drug-likeness (QED) is 0.603. The van der Waals surface area contributed by atoms with E-state index in [9.17, 15) is 0 Å². The van der Waals surface area contributed by atoms with Gasteiger partial charge in [-0.25, -0.2) is 0 Å². The summed E-state index contributed by atoms with van der Waals surface area (Å²) in [6.07, 6.45) is 5.51. The van der Waals surface area contributed by atoms with Crippen LogP contribution in [-0.2, 0) is 7.05 Å². The molecule has 0 bridgehead atoms. The summed E-state index contributed by atoms with van der Waals surface area (Å²) in [6.45, 7) is 0. The largest absolute Gasteiger partial charge is 0.343 e. The molecule has 2 rings (SSSR count). The number of aromatic nitrogens is 2. The summed E-state index contributed by atoms with van der Waals surface area (Å²) in [6, 6.07) is 4.08. The minimum Gasteiger partial charge on any atom is -0.343 e. The molecule has 66 valence electrons. The second kappa shape index (κ2) is 3.01. The first kappa shape index (κ1) is 7.98. The van der Waals surface area contributed by atoms with Crippen LogP contribution in [0.3, 0.4) is 0 Å². The predicted octanol–water partition coefficient (Wildman–Crippen LogP) is 1.62. The van der Waals surface area contributed by atoms with Crippen molar-refractivity contribution < 1.29 is 0 Å². The molecular weight excluding hydrogens is 162 g/mol. The zero-order valence-corrected chi connectivity index (χ0v) is 7.73. The van der Waals surface area contributed by atoms with E-state index in [0.29, 0.717) is 0 Å². The molecule has 0 spiro atoms. The maximum Gasteiger partial charge on any atom is 0.0596 e. The maximum absolute atomic E-state index is 4.07. The van der Waals surface area contributed by atoms with Gasteiger partial charge < -0.3 is 4.57 Å². The van der Waals surface area contributed by atoms with Crippen LogP contribution in [0.1, 0.15) is 5.69 Å². The Morgan fingerprint density at radius 2 is 2.38 bits per heavy atom. The fraction of sp³-hybridized carbons (Fsp3) is 0.200. The molecule has 0 aromatic carbocycles. The van der Waals surface area contributed by atoms with Crippen molar-refractivity contribution in [3.8, 4) is 0 Å². The molecule has 2 aromatic heterocycles.